The zero-order valence-corrected chi connectivity index (χ0v) is 23.5. The number of aryl methyl sites for hydroxylation is 3. The van der Waals surface area contributed by atoms with Gasteiger partial charge in [-0.15, -0.1) is 0 Å². The molecular weight excluding hydrogens is 500 g/mol. The summed E-state index contributed by atoms with van der Waals surface area (Å²) < 4.78 is 6.10. The maximum atomic E-state index is 13.7. The molecule has 5 heteroatoms. The van der Waals surface area contributed by atoms with Crippen molar-refractivity contribution >= 4 is 34.6 Å². The van der Waals surface area contributed by atoms with Crippen molar-refractivity contribution in [2.45, 2.75) is 40.3 Å². The summed E-state index contributed by atoms with van der Waals surface area (Å²) in [6.45, 7) is 8.94. The summed E-state index contributed by atoms with van der Waals surface area (Å²) in [7, 11) is 0. The number of carbonyl (C=O) groups excluding carboxylic acids is 1. The summed E-state index contributed by atoms with van der Waals surface area (Å²) in [5.74, 6) is 0.754. The average molecular weight is 533 g/mol. The number of nitrogens with zero attached hydrogens (tertiary/aromatic N) is 2. The maximum absolute atomic E-state index is 13.7. The van der Waals surface area contributed by atoms with Crippen LogP contribution in [0.15, 0.2) is 107 Å². The molecule has 0 spiro atoms. The molecule has 0 unspecified atom stereocenters. The monoisotopic (exact) mass is 532 g/mol. The molecule has 0 radical (unpaired) electrons. The first-order valence-electron chi connectivity index (χ1n) is 13.1. The van der Waals surface area contributed by atoms with E-state index in [1.54, 1.807) is 4.90 Å². The second kappa shape index (κ2) is 11.7. The minimum absolute atomic E-state index is 0.0447. The predicted molar refractivity (Wildman–Crippen MR) is 162 cm³/mol. The highest BCUT2D eigenvalue weighted by Crippen LogP contribution is 2.39. The van der Waals surface area contributed by atoms with Crippen molar-refractivity contribution in [1.82, 2.24) is 4.90 Å². The standard InChI is InChI=1S/C34H32N2O2S/c1-23-19-24(2)31(25(3)20-23)22-38-30-17-15-27(16-18-30)21-32-33(37)36(26(4)28-11-7-5-8-12-28)34(39-32)35-29-13-9-6-10-14-29/h5-21,26H,22H2,1-4H3/b32-21+,35-34?/t26-/m1/s1. The highest BCUT2D eigenvalue weighted by atomic mass is 32.2. The van der Waals surface area contributed by atoms with Gasteiger partial charge in [-0.2, -0.15) is 0 Å². The van der Waals surface area contributed by atoms with Gasteiger partial charge in [-0.25, -0.2) is 4.99 Å². The van der Waals surface area contributed by atoms with E-state index in [0.717, 1.165) is 22.6 Å². The van der Waals surface area contributed by atoms with E-state index in [0.29, 0.717) is 16.7 Å². The molecule has 1 aliphatic rings. The molecule has 1 heterocycles. The number of hydrogen-bond donors (Lipinski definition) is 0. The highest BCUT2D eigenvalue weighted by molar-refractivity contribution is 8.18. The van der Waals surface area contributed by atoms with Crippen LogP contribution in [0, 0.1) is 20.8 Å². The number of aliphatic imine (C=N–C) groups is 1. The Morgan fingerprint density at radius 3 is 2.13 bits per heavy atom. The number of hydrogen-bond acceptors (Lipinski definition) is 4. The fourth-order valence-corrected chi connectivity index (χ4v) is 5.87. The molecule has 4 aromatic carbocycles. The molecule has 0 aliphatic carbocycles. The number of para-hydroxylation sites is 1. The summed E-state index contributed by atoms with van der Waals surface area (Å²) in [6.07, 6.45) is 1.93. The van der Waals surface area contributed by atoms with Crippen LogP contribution in [0.5, 0.6) is 5.75 Å². The van der Waals surface area contributed by atoms with E-state index in [9.17, 15) is 4.79 Å². The van der Waals surface area contributed by atoms with Gasteiger partial charge >= 0.3 is 0 Å². The van der Waals surface area contributed by atoms with Crippen molar-refractivity contribution in [2.24, 2.45) is 4.99 Å². The van der Waals surface area contributed by atoms with Gasteiger partial charge in [0.05, 0.1) is 16.6 Å². The van der Waals surface area contributed by atoms with Crippen molar-refractivity contribution in [3.63, 3.8) is 0 Å². The molecule has 1 amide bonds. The zero-order chi connectivity index (χ0) is 27.4. The Hall–Kier alpha value is -4.09. The molecule has 4 nitrogen and oxygen atoms in total. The number of rotatable bonds is 7. The second-order valence-corrected chi connectivity index (χ2v) is 10.8. The van der Waals surface area contributed by atoms with Crippen LogP contribution in [0.3, 0.4) is 0 Å². The van der Waals surface area contributed by atoms with Crippen molar-refractivity contribution in [3.8, 4) is 5.75 Å². The molecule has 5 rings (SSSR count). The molecule has 39 heavy (non-hydrogen) atoms. The van der Waals surface area contributed by atoms with Gasteiger partial charge in [0, 0.05) is 0 Å². The first-order chi connectivity index (χ1) is 18.9. The Labute approximate surface area is 235 Å². The summed E-state index contributed by atoms with van der Waals surface area (Å²) in [5.41, 5.74) is 7.79. The highest BCUT2D eigenvalue weighted by Gasteiger charge is 2.37. The SMILES string of the molecule is Cc1cc(C)c(COc2ccc(/C=C3/SC(=Nc4ccccc4)N([C@H](C)c4ccccc4)C3=O)cc2)c(C)c1. The van der Waals surface area contributed by atoms with E-state index in [2.05, 4.69) is 32.9 Å². The van der Waals surface area contributed by atoms with Gasteiger partial charge in [0.2, 0.25) is 0 Å². The summed E-state index contributed by atoms with van der Waals surface area (Å²) in [5, 5.41) is 0.678. The minimum atomic E-state index is -0.149. The molecule has 1 aliphatic heterocycles. The third kappa shape index (κ3) is 6.15. The van der Waals surface area contributed by atoms with Gasteiger partial charge in [0.1, 0.15) is 12.4 Å². The van der Waals surface area contributed by atoms with Crippen molar-refractivity contribution < 1.29 is 9.53 Å². The van der Waals surface area contributed by atoms with Crippen LogP contribution in [0.4, 0.5) is 5.69 Å². The molecule has 1 fully saturated rings. The van der Waals surface area contributed by atoms with Crippen molar-refractivity contribution in [2.75, 3.05) is 0 Å². The molecule has 0 N–H and O–H groups in total. The van der Waals surface area contributed by atoms with Crippen LogP contribution >= 0.6 is 11.8 Å². The average Bonchev–Trinajstić information content (AvgIpc) is 3.23. The third-order valence-corrected chi connectivity index (χ3v) is 7.87. The normalized spacial score (nSPS) is 16.2. The van der Waals surface area contributed by atoms with Gasteiger partial charge in [0.15, 0.2) is 5.17 Å². The largest absolute Gasteiger partial charge is 0.489 e. The number of benzene rings is 4. The number of carbonyl (C=O) groups is 1. The molecule has 196 valence electrons. The first-order valence-corrected chi connectivity index (χ1v) is 13.9. The second-order valence-electron chi connectivity index (χ2n) is 9.84. The molecular formula is C34H32N2O2S. The van der Waals surface area contributed by atoms with Crippen LogP contribution in [0.25, 0.3) is 6.08 Å². The smallest absolute Gasteiger partial charge is 0.267 e. The zero-order valence-electron chi connectivity index (χ0n) is 22.7. The Bertz CT molecular complexity index is 1500. The van der Waals surface area contributed by atoms with E-state index in [1.807, 2.05) is 97.9 Å². The quantitative estimate of drug-likeness (QED) is 0.224. The summed E-state index contributed by atoms with van der Waals surface area (Å²) in [4.78, 5) is 20.9. The van der Waals surface area contributed by atoms with E-state index in [-0.39, 0.29) is 11.9 Å². The molecule has 0 saturated carbocycles. The molecule has 4 aromatic rings. The molecule has 1 saturated heterocycles. The van der Waals surface area contributed by atoms with Crippen LogP contribution in [0.1, 0.15) is 46.3 Å². The predicted octanol–water partition coefficient (Wildman–Crippen LogP) is 8.56. The molecule has 0 bridgehead atoms. The van der Waals surface area contributed by atoms with E-state index in [4.69, 9.17) is 9.73 Å². The van der Waals surface area contributed by atoms with Crippen LogP contribution in [-0.2, 0) is 11.4 Å². The maximum Gasteiger partial charge on any atom is 0.267 e. The lowest BCUT2D eigenvalue weighted by Gasteiger charge is -2.24. The first kappa shape index (κ1) is 26.5. The van der Waals surface area contributed by atoms with Crippen LogP contribution < -0.4 is 4.74 Å². The van der Waals surface area contributed by atoms with Crippen LogP contribution in [-0.4, -0.2) is 16.0 Å². The summed E-state index contributed by atoms with van der Waals surface area (Å²) in [6, 6.07) is 31.9. The number of amidine groups is 1. The Morgan fingerprint density at radius 2 is 1.49 bits per heavy atom. The minimum Gasteiger partial charge on any atom is -0.489 e. The summed E-state index contributed by atoms with van der Waals surface area (Å²) >= 11 is 1.41. The van der Waals surface area contributed by atoms with Gasteiger partial charge < -0.3 is 4.74 Å². The lowest BCUT2D eigenvalue weighted by Crippen LogP contribution is -2.32. The van der Waals surface area contributed by atoms with Gasteiger partial charge in [-0.3, -0.25) is 9.69 Å². The van der Waals surface area contributed by atoms with Crippen molar-refractivity contribution in [1.29, 1.82) is 0 Å². The molecule has 0 aromatic heterocycles. The van der Waals surface area contributed by atoms with E-state index in [1.165, 1.54) is 34.0 Å². The van der Waals surface area contributed by atoms with E-state index >= 15 is 0 Å². The lowest BCUT2D eigenvalue weighted by atomic mass is 10.0. The number of amides is 1. The van der Waals surface area contributed by atoms with Gasteiger partial charge in [0.25, 0.3) is 5.91 Å². The fourth-order valence-electron chi connectivity index (χ4n) is 4.80. The topological polar surface area (TPSA) is 41.9 Å². The third-order valence-electron chi connectivity index (χ3n) is 6.89. The Balaban J connectivity index is 1.37. The van der Waals surface area contributed by atoms with Crippen molar-refractivity contribution in [3.05, 3.63) is 135 Å². The Morgan fingerprint density at radius 1 is 0.872 bits per heavy atom. The van der Waals surface area contributed by atoms with E-state index < -0.39 is 0 Å². The van der Waals surface area contributed by atoms with Gasteiger partial charge in [-0.05, 0) is 97.6 Å². The number of ether oxygens (including phenoxy) is 1. The van der Waals surface area contributed by atoms with Crippen LogP contribution in [0.2, 0.25) is 0 Å². The number of thioether (sulfide) groups is 1. The molecule has 1 atom stereocenters. The lowest BCUT2D eigenvalue weighted by molar-refractivity contribution is -0.123. The fraction of sp³-hybridized carbons (Fsp3) is 0.176. The van der Waals surface area contributed by atoms with Gasteiger partial charge in [-0.1, -0.05) is 78.4 Å². The Kier molecular flexibility index (Phi) is 7.99.